The predicted molar refractivity (Wildman–Crippen MR) is 73.7 cm³/mol. The van der Waals surface area contributed by atoms with Gasteiger partial charge >= 0.3 is 0 Å². The molecule has 1 aromatic carbocycles. The number of hydrogen-bond donors (Lipinski definition) is 1. The van der Waals surface area contributed by atoms with E-state index in [1.165, 1.54) is 0 Å². The third-order valence-electron chi connectivity index (χ3n) is 3.66. The number of aromatic nitrogens is 1. The van der Waals surface area contributed by atoms with E-state index < -0.39 is 0 Å². The molecular weight excluding hydrogens is 242 g/mol. The maximum absolute atomic E-state index is 5.75. The summed E-state index contributed by atoms with van der Waals surface area (Å²) in [6.07, 6.45) is 2.15. The van der Waals surface area contributed by atoms with Gasteiger partial charge in [0.05, 0.1) is 6.54 Å². The molecule has 1 aliphatic heterocycles. The summed E-state index contributed by atoms with van der Waals surface area (Å²) in [5.74, 6) is 0.745. The van der Waals surface area contributed by atoms with Gasteiger partial charge in [0, 0.05) is 31.0 Å². The van der Waals surface area contributed by atoms with Crippen LogP contribution in [0.25, 0.3) is 11.1 Å². The fourth-order valence-corrected chi connectivity index (χ4v) is 2.52. The van der Waals surface area contributed by atoms with Crippen molar-refractivity contribution in [3.63, 3.8) is 0 Å². The van der Waals surface area contributed by atoms with Crippen LogP contribution >= 0.6 is 0 Å². The molecule has 102 valence electrons. The normalized spacial score (nSPS) is 17.4. The van der Waals surface area contributed by atoms with Crippen LogP contribution in [0.15, 0.2) is 22.6 Å². The number of rotatable bonds is 3. The minimum Gasteiger partial charge on any atom is -0.439 e. The van der Waals surface area contributed by atoms with Crippen LogP contribution in [0.1, 0.15) is 18.7 Å². The topological polar surface area (TPSA) is 64.5 Å². The summed E-state index contributed by atoms with van der Waals surface area (Å²) in [5.41, 5.74) is 8.07. The molecule has 2 heterocycles. The zero-order valence-electron chi connectivity index (χ0n) is 11.1. The number of hydrogen-bond acceptors (Lipinski definition) is 5. The van der Waals surface area contributed by atoms with Gasteiger partial charge in [-0.1, -0.05) is 0 Å². The highest BCUT2D eigenvalue weighted by molar-refractivity contribution is 5.76. The van der Waals surface area contributed by atoms with E-state index in [1.54, 1.807) is 0 Å². The molecule has 2 aromatic rings. The molecule has 3 rings (SSSR count). The SMILES string of the molecule is CN(Cc1nc2ccc(N)cc2o1)C1CCOCC1. The molecule has 0 radical (unpaired) electrons. The van der Waals surface area contributed by atoms with Crippen LogP contribution in [0.5, 0.6) is 0 Å². The lowest BCUT2D eigenvalue weighted by molar-refractivity contribution is 0.0384. The second-order valence-corrected chi connectivity index (χ2v) is 5.09. The van der Waals surface area contributed by atoms with Crippen LogP contribution in [0.3, 0.4) is 0 Å². The molecule has 1 fully saturated rings. The minimum absolute atomic E-state index is 0.550. The largest absolute Gasteiger partial charge is 0.439 e. The number of oxazole rings is 1. The van der Waals surface area contributed by atoms with Gasteiger partial charge in [-0.25, -0.2) is 4.98 Å². The molecule has 1 aromatic heterocycles. The molecule has 19 heavy (non-hydrogen) atoms. The summed E-state index contributed by atoms with van der Waals surface area (Å²) in [6.45, 7) is 2.41. The van der Waals surface area contributed by atoms with Gasteiger partial charge in [0.2, 0.25) is 5.89 Å². The maximum Gasteiger partial charge on any atom is 0.209 e. The highest BCUT2D eigenvalue weighted by Crippen LogP contribution is 2.21. The maximum atomic E-state index is 5.75. The third kappa shape index (κ3) is 2.72. The van der Waals surface area contributed by atoms with Gasteiger partial charge in [-0.05, 0) is 32.0 Å². The Hall–Kier alpha value is -1.59. The lowest BCUT2D eigenvalue weighted by atomic mass is 10.1. The Bertz CT molecular complexity index is 561. The molecule has 5 nitrogen and oxygen atoms in total. The van der Waals surface area contributed by atoms with Crippen molar-refractivity contribution in [2.45, 2.75) is 25.4 Å². The Labute approximate surface area is 112 Å². The van der Waals surface area contributed by atoms with Crippen molar-refractivity contribution in [2.24, 2.45) is 0 Å². The number of ether oxygens (including phenoxy) is 1. The fourth-order valence-electron chi connectivity index (χ4n) is 2.52. The van der Waals surface area contributed by atoms with Crippen molar-refractivity contribution in [1.82, 2.24) is 9.88 Å². The molecule has 0 bridgehead atoms. The molecule has 1 aliphatic rings. The molecule has 0 amide bonds. The summed E-state index contributed by atoms with van der Waals surface area (Å²) >= 11 is 0. The van der Waals surface area contributed by atoms with Gasteiger partial charge in [-0.2, -0.15) is 0 Å². The summed E-state index contributed by atoms with van der Waals surface area (Å²) in [7, 11) is 2.11. The first-order valence-electron chi connectivity index (χ1n) is 6.65. The van der Waals surface area contributed by atoms with Crippen LogP contribution in [-0.4, -0.2) is 36.2 Å². The van der Waals surface area contributed by atoms with Crippen LogP contribution in [0.4, 0.5) is 5.69 Å². The van der Waals surface area contributed by atoms with Crippen molar-refractivity contribution in [3.05, 3.63) is 24.1 Å². The van der Waals surface area contributed by atoms with Crippen LogP contribution in [0, 0.1) is 0 Å². The second-order valence-electron chi connectivity index (χ2n) is 5.09. The molecule has 0 aliphatic carbocycles. The van der Waals surface area contributed by atoms with E-state index >= 15 is 0 Å². The molecular formula is C14H19N3O2. The van der Waals surface area contributed by atoms with E-state index in [9.17, 15) is 0 Å². The van der Waals surface area contributed by atoms with Crippen molar-refractivity contribution < 1.29 is 9.15 Å². The zero-order valence-corrected chi connectivity index (χ0v) is 11.1. The number of nitrogens with two attached hydrogens (primary N) is 1. The van der Waals surface area contributed by atoms with Gasteiger partial charge in [-0.3, -0.25) is 4.90 Å². The van der Waals surface area contributed by atoms with Crippen molar-refractivity contribution in [3.8, 4) is 0 Å². The highest BCUT2D eigenvalue weighted by Gasteiger charge is 2.20. The van der Waals surface area contributed by atoms with Crippen molar-refractivity contribution in [2.75, 3.05) is 26.0 Å². The Morgan fingerprint density at radius 2 is 2.16 bits per heavy atom. The average molecular weight is 261 g/mol. The molecule has 2 N–H and O–H groups in total. The second kappa shape index (κ2) is 5.19. The number of fused-ring (bicyclic) bond motifs is 1. The first-order chi connectivity index (χ1) is 9.22. The Kier molecular flexibility index (Phi) is 3.40. The van der Waals surface area contributed by atoms with Crippen molar-refractivity contribution in [1.29, 1.82) is 0 Å². The third-order valence-corrected chi connectivity index (χ3v) is 3.66. The van der Waals surface area contributed by atoms with Gasteiger partial charge in [0.15, 0.2) is 5.58 Å². The fraction of sp³-hybridized carbons (Fsp3) is 0.500. The summed E-state index contributed by atoms with van der Waals surface area (Å²) in [5, 5.41) is 0. The Morgan fingerprint density at radius 1 is 1.37 bits per heavy atom. The Balaban J connectivity index is 1.73. The quantitative estimate of drug-likeness (QED) is 0.856. The van der Waals surface area contributed by atoms with Gasteiger partial charge < -0.3 is 14.9 Å². The van der Waals surface area contributed by atoms with E-state index in [-0.39, 0.29) is 0 Å². The lowest BCUT2D eigenvalue weighted by Crippen LogP contribution is -2.36. The molecule has 0 spiro atoms. The van der Waals surface area contributed by atoms with E-state index in [0.29, 0.717) is 11.7 Å². The van der Waals surface area contributed by atoms with E-state index in [1.807, 2.05) is 18.2 Å². The summed E-state index contributed by atoms with van der Waals surface area (Å²) in [4.78, 5) is 6.78. The van der Waals surface area contributed by atoms with E-state index in [0.717, 1.165) is 49.6 Å². The number of nitrogen functional groups attached to an aromatic ring is 1. The average Bonchev–Trinajstić information content (AvgIpc) is 2.81. The lowest BCUT2D eigenvalue weighted by Gasteiger charge is -2.30. The molecule has 0 atom stereocenters. The standard InChI is InChI=1S/C14H19N3O2/c1-17(11-4-6-18-7-5-11)9-14-16-12-3-2-10(15)8-13(12)19-14/h2-3,8,11H,4-7,9,15H2,1H3. The van der Waals surface area contributed by atoms with Crippen molar-refractivity contribution >= 4 is 16.8 Å². The van der Waals surface area contributed by atoms with E-state index in [2.05, 4.69) is 16.9 Å². The zero-order chi connectivity index (χ0) is 13.2. The molecule has 5 heteroatoms. The van der Waals surface area contributed by atoms with Gasteiger partial charge in [0.1, 0.15) is 5.52 Å². The highest BCUT2D eigenvalue weighted by atomic mass is 16.5. The first kappa shape index (κ1) is 12.4. The summed E-state index contributed by atoms with van der Waals surface area (Å²) < 4.78 is 11.1. The van der Waals surface area contributed by atoms with Crippen LogP contribution in [0.2, 0.25) is 0 Å². The number of benzene rings is 1. The monoisotopic (exact) mass is 261 g/mol. The minimum atomic E-state index is 0.550. The summed E-state index contributed by atoms with van der Waals surface area (Å²) in [6, 6.07) is 6.11. The van der Waals surface area contributed by atoms with Gasteiger partial charge in [0.25, 0.3) is 0 Å². The molecule has 1 saturated heterocycles. The smallest absolute Gasteiger partial charge is 0.209 e. The molecule has 0 saturated carbocycles. The Morgan fingerprint density at radius 3 is 2.95 bits per heavy atom. The molecule has 0 unspecified atom stereocenters. The predicted octanol–water partition coefficient (Wildman–Crippen LogP) is 2.02. The van der Waals surface area contributed by atoms with Crippen LogP contribution < -0.4 is 5.73 Å². The van der Waals surface area contributed by atoms with E-state index in [4.69, 9.17) is 14.9 Å². The van der Waals surface area contributed by atoms with Crippen LogP contribution in [-0.2, 0) is 11.3 Å². The number of anilines is 1. The number of nitrogens with zero attached hydrogens (tertiary/aromatic N) is 2. The first-order valence-corrected chi connectivity index (χ1v) is 6.65. The van der Waals surface area contributed by atoms with Gasteiger partial charge in [-0.15, -0.1) is 0 Å².